The number of nitrogens with zero attached hydrogens (tertiary/aromatic N) is 2. The minimum atomic E-state index is -0.369. The molecule has 0 aliphatic rings. The smallest absolute Gasteiger partial charge is 0.243 e. The Morgan fingerprint density at radius 1 is 1.00 bits per heavy atom. The summed E-state index contributed by atoms with van der Waals surface area (Å²) in [7, 11) is 0. The molecule has 2 aromatic heterocycles. The number of nitrogens with one attached hydrogen (secondary N) is 2. The van der Waals surface area contributed by atoms with Crippen molar-refractivity contribution in [3.63, 3.8) is 0 Å². The molecule has 5 rings (SSSR count). The molecule has 0 saturated carbocycles. The third kappa shape index (κ3) is 7.39. The number of fused-ring (bicyclic) bond motifs is 1. The minimum Gasteiger partial charge on any atom is -0.487 e. The fourth-order valence-corrected chi connectivity index (χ4v) is 4.65. The fraction of sp³-hybridized carbons (Fsp3) is 0.194. The maximum Gasteiger partial charge on any atom is 0.243 e. The van der Waals surface area contributed by atoms with E-state index in [0.29, 0.717) is 35.0 Å². The third-order valence-electron chi connectivity index (χ3n) is 6.51. The van der Waals surface area contributed by atoms with E-state index in [9.17, 15) is 9.18 Å². The number of hydrogen-bond donors (Lipinski definition) is 3. The predicted molar refractivity (Wildman–Crippen MR) is 155 cm³/mol. The number of carbonyl (C=O) groups excluding carboxylic acids is 1. The van der Waals surface area contributed by atoms with E-state index in [1.54, 1.807) is 29.7 Å². The topological polar surface area (TPSA) is 110 Å². The molecule has 0 fully saturated rings. The molecule has 10 heteroatoms. The van der Waals surface area contributed by atoms with Crippen molar-refractivity contribution >= 4 is 39.9 Å². The van der Waals surface area contributed by atoms with Crippen LogP contribution in [0, 0.1) is 5.82 Å². The van der Waals surface area contributed by atoms with E-state index >= 15 is 0 Å². The summed E-state index contributed by atoms with van der Waals surface area (Å²) >= 11 is 6.48. The van der Waals surface area contributed by atoms with Crippen molar-refractivity contribution in [2.75, 3.05) is 5.32 Å². The summed E-state index contributed by atoms with van der Waals surface area (Å²) in [5.74, 6) is 2.01. The molecule has 0 radical (unpaired) electrons. The van der Waals surface area contributed by atoms with Crippen LogP contribution in [0.25, 0.3) is 22.2 Å². The van der Waals surface area contributed by atoms with E-state index in [0.717, 1.165) is 52.9 Å². The summed E-state index contributed by atoms with van der Waals surface area (Å²) in [6.07, 6.45) is 5.00. The number of amides is 1. The summed E-state index contributed by atoms with van der Waals surface area (Å²) in [6.45, 7) is 0.196. The van der Waals surface area contributed by atoms with E-state index in [-0.39, 0.29) is 18.3 Å². The molecule has 0 aliphatic heterocycles. The first-order chi connectivity index (χ1) is 20.0. The molecule has 0 spiro atoms. The van der Waals surface area contributed by atoms with Crippen LogP contribution in [0.4, 0.5) is 15.9 Å². The normalized spacial score (nSPS) is 11.0. The Kier molecular flexibility index (Phi) is 9.08. The van der Waals surface area contributed by atoms with Crippen molar-refractivity contribution in [2.24, 2.45) is 0 Å². The van der Waals surface area contributed by atoms with Gasteiger partial charge in [-0.15, -0.1) is 0 Å². The van der Waals surface area contributed by atoms with Crippen LogP contribution in [-0.2, 0) is 17.8 Å². The van der Waals surface area contributed by atoms with Crippen molar-refractivity contribution in [1.29, 1.82) is 0 Å². The Bertz CT molecular complexity index is 1660. The van der Waals surface area contributed by atoms with Crippen LogP contribution < -0.4 is 15.5 Å². The molecule has 0 atom stereocenters. The molecule has 1 amide bonds. The zero-order chi connectivity index (χ0) is 28.6. The van der Waals surface area contributed by atoms with Crippen molar-refractivity contribution in [3.05, 3.63) is 101 Å². The van der Waals surface area contributed by atoms with Crippen molar-refractivity contribution < 1.29 is 23.5 Å². The number of furan rings is 1. The van der Waals surface area contributed by atoms with Crippen LogP contribution in [0.2, 0.25) is 5.02 Å². The zero-order valence-corrected chi connectivity index (χ0v) is 22.8. The van der Waals surface area contributed by atoms with E-state index in [1.165, 1.54) is 18.5 Å². The molecule has 210 valence electrons. The predicted octanol–water partition coefficient (Wildman–Crippen LogP) is 7.61. The largest absolute Gasteiger partial charge is 0.487 e. The summed E-state index contributed by atoms with van der Waals surface area (Å²) in [4.78, 5) is 20.0. The number of hydrogen-bond acceptors (Lipinski definition) is 7. The van der Waals surface area contributed by atoms with E-state index in [1.807, 2.05) is 36.4 Å². The zero-order valence-electron chi connectivity index (χ0n) is 22.1. The van der Waals surface area contributed by atoms with Gasteiger partial charge in [-0.1, -0.05) is 30.2 Å². The molecule has 0 bridgehead atoms. The number of rotatable bonds is 12. The summed E-state index contributed by atoms with van der Waals surface area (Å²) in [5, 5.41) is 13.1. The minimum absolute atomic E-state index is 0.196. The molecular weight excluding hydrogens is 547 g/mol. The Morgan fingerprint density at radius 3 is 2.73 bits per heavy atom. The lowest BCUT2D eigenvalue weighted by Crippen LogP contribution is -2.17. The number of unbranched alkanes of at least 4 members (excludes halogenated alkanes) is 2. The molecule has 2 heterocycles. The van der Waals surface area contributed by atoms with Gasteiger partial charge in [-0.2, -0.15) is 0 Å². The second-order valence-electron chi connectivity index (χ2n) is 9.50. The standard InChI is InChI=1S/C31H28ClFN4O4/c32-26-17-23(10-13-29(26)40-18-20-5-4-6-22(33)15-20)36-31-25-16-21(9-12-27(25)34-19-35-31)28-14-11-24(41-28)7-2-1-3-8-30(38)37-39/h4-6,9-17,19,39H,1-3,7-8,18H2,(H,37,38)(H,34,35,36). The average molecular weight is 575 g/mol. The van der Waals surface area contributed by atoms with Gasteiger partial charge >= 0.3 is 0 Å². The van der Waals surface area contributed by atoms with Crippen LogP contribution in [0.3, 0.4) is 0 Å². The van der Waals surface area contributed by atoms with Gasteiger partial charge in [0, 0.05) is 29.5 Å². The molecule has 0 unspecified atom stereocenters. The van der Waals surface area contributed by atoms with Gasteiger partial charge in [0.2, 0.25) is 5.91 Å². The quantitative estimate of drug-likeness (QED) is 0.0799. The lowest BCUT2D eigenvalue weighted by molar-refractivity contribution is -0.129. The first-order valence-corrected chi connectivity index (χ1v) is 13.6. The summed E-state index contributed by atoms with van der Waals surface area (Å²) < 4.78 is 25.3. The van der Waals surface area contributed by atoms with Gasteiger partial charge in [0.1, 0.15) is 41.8 Å². The molecule has 8 nitrogen and oxygen atoms in total. The molecular formula is C31H28ClFN4O4. The first-order valence-electron chi connectivity index (χ1n) is 13.2. The number of anilines is 2. The Labute approximate surface area is 241 Å². The first kappa shape index (κ1) is 28.1. The van der Waals surface area contributed by atoms with Crippen molar-refractivity contribution in [1.82, 2.24) is 15.4 Å². The highest BCUT2D eigenvalue weighted by Crippen LogP contribution is 2.33. The molecule has 3 N–H and O–H groups in total. The maximum absolute atomic E-state index is 13.4. The van der Waals surface area contributed by atoms with Gasteiger partial charge in [-0.05, 0) is 79.1 Å². The molecule has 5 aromatic rings. The van der Waals surface area contributed by atoms with Gasteiger partial charge in [0.15, 0.2) is 0 Å². The van der Waals surface area contributed by atoms with Gasteiger partial charge < -0.3 is 14.5 Å². The van der Waals surface area contributed by atoms with Crippen LogP contribution in [-0.4, -0.2) is 21.1 Å². The number of aryl methyl sites for hydroxylation is 1. The summed E-state index contributed by atoms with van der Waals surface area (Å²) in [6, 6.07) is 21.3. The van der Waals surface area contributed by atoms with Crippen LogP contribution >= 0.6 is 11.6 Å². The monoisotopic (exact) mass is 574 g/mol. The number of carbonyl (C=O) groups is 1. The average Bonchev–Trinajstić information content (AvgIpc) is 3.45. The van der Waals surface area contributed by atoms with Crippen LogP contribution in [0.5, 0.6) is 5.75 Å². The van der Waals surface area contributed by atoms with E-state index in [2.05, 4.69) is 15.3 Å². The summed E-state index contributed by atoms with van der Waals surface area (Å²) in [5.41, 5.74) is 4.73. The van der Waals surface area contributed by atoms with E-state index < -0.39 is 0 Å². The van der Waals surface area contributed by atoms with Gasteiger partial charge in [0.25, 0.3) is 0 Å². The van der Waals surface area contributed by atoms with Crippen LogP contribution in [0.15, 0.2) is 83.5 Å². The Morgan fingerprint density at radius 2 is 1.90 bits per heavy atom. The Hall–Kier alpha value is -4.47. The lowest BCUT2D eigenvalue weighted by Gasteiger charge is -2.12. The number of hydroxylamine groups is 1. The number of aromatic nitrogens is 2. The second kappa shape index (κ2) is 13.3. The van der Waals surface area contributed by atoms with Gasteiger partial charge in [-0.25, -0.2) is 19.8 Å². The third-order valence-corrected chi connectivity index (χ3v) is 6.81. The highest BCUT2D eigenvalue weighted by Gasteiger charge is 2.11. The number of benzene rings is 3. The Balaban J connectivity index is 1.26. The van der Waals surface area contributed by atoms with Crippen molar-refractivity contribution in [3.8, 4) is 17.1 Å². The number of ether oxygens (including phenoxy) is 1. The maximum atomic E-state index is 13.4. The highest BCUT2D eigenvalue weighted by molar-refractivity contribution is 6.32. The highest BCUT2D eigenvalue weighted by atomic mass is 35.5. The molecule has 41 heavy (non-hydrogen) atoms. The second-order valence-corrected chi connectivity index (χ2v) is 9.91. The molecule has 3 aromatic carbocycles. The van der Waals surface area contributed by atoms with E-state index in [4.69, 9.17) is 26.0 Å². The molecule has 0 saturated heterocycles. The van der Waals surface area contributed by atoms with Gasteiger partial charge in [0.05, 0.1) is 10.5 Å². The number of halogens is 2. The van der Waals surface area contributed by atoms with Crippen molar-refractivity contribution in [2.45, 2.75) is 38.7 Å². The fourth-order valence-electron chi connectivity index (χ4n) is 4.41. The lowest BCUT2D eigenvalue weighted by atomic mass is 10.1. The molecule has 0 aliphatic carbocycles. The SMILES string of the molecule is O=C(CCCCCc1ccc(-c2ccc3ncnc(Nc4ccc(OCc5cccc(F)c5)c(Cl)c4)c3c2)o1)NO. The van der Waals surface area contributed by atoms with Gasteiger partial charge in [-0.3, -0.25) is 10.0 Å². The van der Waals surface area contributed by atoms with Crippen LogP contribution in [0.1, 0.15) is 37.0 Å².